The van der Waals surface area contributed by atoms with Gasteiger partial charge in [-0.1, -0.05) is 25.3 Å². The molecule has 1 nitrogen and oxygen atoms in total. The second-order valence-corrected chi connectivity index (χ2v) is 5.92. The molecule has 88 valence electrons. The van der Waals surface area contributed by atoms with Gasteiger partial charge in [-0.15, -0.1) is 0 Å². The van der Waals surface area contributed by atoms with E-state index in [0.29, 0.717) is 6.04 Å². The topological polar surface area (TPSA) is 12.0 Å². The van der Waals surface area contributed by atoms with Crippen LogP contribution in [0, 0.1) is 12.8 Å². The van der Waals surface area contributed by atoms with Crippen LogP contribution in [0.5, 0.6) is 0 Å². The maximum atomic E-state index is 3.60. The maximum Gasteiger partial charge on any atom is 0.0489 e. The van der Waals surface area contributed by atoms with Crippen molar-refractivity contribution in [1.82, 2.24) is 0 Å². The molecule has 1 unspecified atom stereocenters. The fourth-order valence-electron chi connectivity index (χ4n) is 2.30. The quantitative estimate of drug-likeness (QED) is 0.840. The molecule has 0 saturated heterocycles. The number of hydrogen-bond donors (Lipinski definition) is 1. The first-order chi connectivity index (χ1) is 7.65. The molecule has 0 aromatic heterocycles. The Kier molecular flexibility index (Phi) is 3.91. The van der Waals surface area contributed by atoms with Crippen molar-refractivity contribution in [2.75, 3.05) is 5.32 Å². The zero-order chi connectivity index (χ0) is 11.5. The number of rotatable bonds is 4. The number of benzene rings is 1. The van der Waals surface area contributed by atoms with Crippen LogP contribution in [0.1, 0.15) is 38.2 Å². The van der Waals surface area contributed by atoms with Gasteiger partial charge in [-0.25, -0.2) is 0 Å². The second-order valence-electron chi connectivity index (χ2n) is 5.06. The van der Waals surface area contributed by atoms with Gasteiger partial charge in [0.1, 0.15) is 0 Å². The van der Waals surface area contributed by atoms with Crippen LogP contribution in [0.3, 0.4) is 0 Å². The van der Waals surface area contributed by atoms with E-state index < -0.39 is 0 Å². The van der Waals surface area contributed by atoms with Gasteiger partial charge < -0.3 is 5.32 Å². The fourth-order valence-corrected chi connectivity index (χ4v) is 2.66. The molecular weight excluding hydrogens is 262 g/mol. The summed E-state index contributed by atoms with van der Waals surface area (Å²) in [4.78, 5) is 0. The number of aryl methyl sites for hydroxylation is 1. The van der Waals surface area contributed by atoms with Gasteiger partial charge in [-0.2, -0.15) is 0 Å². The first-order valence-corrected chi connectivity index (χ1v) is 6.97. The van der Waals surface area contributed by atoms with Crippen molar-refractivity contribution < 1.29 is 0 Å². The van der Waals surface area contributed by atoms with Crippen molar-refractivity contribution in [3.05, 3.63) is 28.2 Å². The zero-order valence-corrected chi connectivity index (χ0v) is 11.7. The van der Waals surface area contributed by atoms with Crippen LogP contribution in [0.4, 0.5) is 5.69 Å². The Bertz CT molecular complexity index is 358. The highest BCUT2D eigenvalue weighted by atomic mass is 79.9. The van der Waals surface area contributed by atoms with Gasteiger partial charge in [0.2, 0.25) is 0 Å². The highest BCUT2D eigenvalue weighted by Gasteiger charge is 2.20. The van der Waals surface area contributed by atoms with Crippen LogP contribution < -0.4 is 5.32 Å². The molecule has 1 saturated carbocycles. The predicted octanol–water partition coefficient (Wildman–Crippen LogP) is 4.75. The predicted molar refractivity (Wildman–Crippen MR) is 73.9 cm³/mol. The van der Waals surface area contributed by atoms with Gasteiger partial charge in [0.15, 0.2) is 0 Å². The molecule has 1 N–H and O–H groups in total. The molecule has 1 aliphatic carbocycles. The van der Waals surface area contributed by atoms with Crippen molar-refractivity contribution >= 4 is 21.6 Å². The minimum absolute atomic E-state index is 0.573. The van der Waals surface area contributed by atoms with Crippen molar-refractivity contribution in [2.45, 2.75) is 45.6 Å². The van der Waals surface area contributed by atoms with E-state index in [1.165, 1.54) is 41.4 Å². The minimum Gasteiger partial charge on any atom is -0.382 e. The van der Waals surface area contributed by atoms with Crippen molar-refractivity contribution in [3.63, 3.8) is 0 Å². The summed E-state index contributed by atoms with van der Waals surface area (Å²) in [6.07, 6.45) is 5.61. The van der Waals surface area contributed by atoms with Crippen LogP contribution in [0.25, 0.3) is 0 Å². The lowest BCUT2D eigenvalue weighted by Gasteiger charge is -2.29. The third kappa shape index (κ3) is 3.00. The average Bonchev–Trinajstić information content (AvgIpc) is 2.18. The molecule has 0 spiro atoms. The summed E-state index contributed by atoms with van der Waals surface area (Å²) >= 11 is 3.59. The van der Waals surface area contributed by atoms with Gasteiger partial charge in [0.05, 0.1) is 0 Å². The molecule has 1 aromatic carbocycles. The molecule has 2 rings (SSSR count). The molecule has 0 heterocycles. The number of halogens is 1. The Morgan fingerprint density at radius 3 is 2.81 bits per heavy atom. The van der Waals surface area contributed by atoms with Gasteiger partial charge in [0.25, 0.3) is 0 Å². The lowest BCUT2D eigenvalue weighted by atomic mass is 9.81. The fraction of sp³-hybridized carbons (Fsp3) is 0.571. The Hall–Kier alpha value is -0.500. The highest BCUT2D eigenvalue weighted by molar-refractivity contribution is 9.10. The molecule has 0 radical (unpaired) electrons. The zero-order valence-electron chi connectivity index (χ0n) is 10.1. The molecule has 2 heteroatoms. The highest BCUT2D eigenvalue weighted by Crippen LogP contribution is 2.32. The summed E-state index contributed by atoms with van der Waals surface area (Å²) in [5.74, 6) is 0.964. The van der Waals surface area contributed by atoms with E-state index in [1.54, 1.807) is 0 Å². The first-order valence-electron chi connectivity index (χ1n) is 6.18. The van der Waals surface area contributed by atoms with Crippen molar-refractivity contribution in [3.8, 4) is 0 Å². The summed E-state index contributed by atoms with van der Waals surface area (Å²) in [7, 11) is 0. The summed E-state index contributed by atoms with van der Waals surface area (Å²) in [5.41, 5.74) is 2.54. The van der Waals surface area contributed by atoms with Crippen molar-refractivity contribution in [1.29, 1.82) is 0 Å². The van der Waals surface area contributed by atoms with E-state index >= 15 is 0 Å². The standard InChI is InChI=1S/C14H20BrN/c1-10-6-7-13(15)14(8-10)16-11(2)9-12-4-3-5-12/h6-8,11-12,16H,3-5,9H2,1-2H3. The first kappa shape index (κ1) is 12.0. The molecular formula is C14H20BrN. The molecule has 1 aliphatic rings. The smallest absolute Gasteiger partial charge is 0.0489 e. The number of hydrogen-bond acceptors (Lipinski definition) is 1. The molecule has 1 atom stereocenters. The van der Waals surface area contributed by atoms with Gasteiger partial charge in [-0.3, -0.25) is 0 Å². The van der Waals surface area contributed by atoms with Crippen molar-refractivity contribution in [2.24, 2.45) is 5.92 Å². The Labute approximate surface area is 107 Å². The lowest BCUT2D eigenvalue weighted by Crippen LogP contribution is -2.23. The molecule has 1 aromatic rings. The SMILES string of the molecule is Cc1ccc(Br)c(NC(C)CC2CCC2)c1. The van der Waals surface area contributed by atoms with Crippen LogP contribution >= 0.6 is 15.9 Å². The van der Waals surface area contributed by atoms with E-state index in [2.05, 4.69) is 53.3 Å². The summed E-state index contributed by atoms with van der Waals surface area (Å²) in [5, 5.41) is 3.60. The summed E-state index contributed by atoms with van der Waals surface area (Å²) in [6.45, 7) is 4.42. The Morgan fingerprint density at radius 1 is 1.44 bits per heavy atom. The largest absolute Gasteiger partial charge is 0.382 e. The third-order valence-electron chi connectivity index (χ3n) is 3.44. The normalized spacial score (nSPS) is 17.9. The maximum absolute atomic E-state index is 3.60. The summed E-state index contributed by atoms with van der Waals surface area (Å²) in [6, 6.07) is 7.03. The number of anilines is 1. The van der Waals surface area contributed by atoms with Gasteiger partial charge >= 0.3 is 0 Å². The molecule has 0 amide bonds. The third-order valence-corrected chi connectivity index (χ3v) is 4.13. The molecule has 1 fully saturated rings. The van der Waals surface area contributed by atoms with E-state index in [9.17, 15) is 0 Å². The number of nitrogens with one attached hydrogen (secondary N) is 1. The van der Waals surface area contributed by atoms with Crippen LogP contribution in [-0.4, -0.2) is 6.04 Å². The van der Waals surface area contributed by atoms with E-state index in [1.807, 2.05) is 0 Å². The lowest BCUT2D eigenvalue weighted by molar-refractivity contribution is 0.286. The molecule has 16 heavy (non-hydrogen) atoms. The van der Waals surface area contributed by atoms with Crippen LogP contribution in [-0.2, 0) is 0 Å². The minimum atomic E-state index is 0.573. The van der Waals surface area contributed by atoms with E-state index in [-0.39, 0.29) is 0 Å². The Morgan fingerprint density at radius 2 is 2.19 bits per heavy atom. The van der Waals surface area contributed by atoms with Crippen LogP contribution in [0.15, 0.2) is 22.7 Å². The average molecular weight is 282 g/mol. The molecule has 0 aliphatic heterocycles. The summed E-state index contributed by atoms with van der Waals surface area (Å²) < 4.78 is 1.17. The molecule has 0 bridgehead atoms. The Balaban J connectivity index is 1.93. The van der Waals surface area contributed by atoms with Crippen LogP contribution in [0.2, 0.25) is 0 Å². The van der Waals surface area contributed by atoms with E-state index in [4.69, 9.17) is 0 Å². The second kappa shape index (κ2) is 5.22. The van der Waals surface area contributed by atoms with E-state index in [0.717, 1.165) is 5.92 Å². The monoisotopic (exact) mass is 281 g/mol. The van der Waals surface area contributed by atoms with Gasteiger partial charge in [-0.05, 0) is 59.8 Å². The van der Waals surface area contributed by atoms with Gasteiger partial charge in [0, 0.05) is 16.2 Å².